The van der Waals surface area contributed by atoms with Gasteiger partial charge in [0.1, 0.15) is 0 Å². The Morgan fingerprint density at radius 1 is 1.00 bits per heavy atom. The molecule has 110 valence electrons. The molecule has 0 saturated heterocycles. The maximum Gasteiger partial charge on any atom is 0.214 e. The molecule has 3 nitrogen and oxygen atoms in total. The first-order valence-electron chi connectivity index (χ1n) is 7.61. The van der Waals surface area contributed by atoms with Crippen molar-refractivity contribution in [1.82, 2.24) is 5.32 Å². The minimum atomic E-state index is -0.833. The van der Waals surface area contributed by atoms with Gasteiger partial charge in [0.2, 0.25) is 6.41 Å². The van der Waals surface area contributed by atoms with Crippen LogP contribution >= 0.6 is 0 Å². The summed E-state index contributed by atoms with van der Waals surface area (Å²) in [4.78, 5) is 0. The molecule has 0 unspecified atom stereocenters. The Hall–Kier alpha value is -0.120. The zero-order valence-electron chi connectivity index (χ0n) is 12.8. The van der Waals surface area contributed by atoms with Crippen LogP contribution in [0.3, 0.4) is 0 Å². The maximum atomic E-state index is 9.66. The van der Waals surface area contributed by atoms with E-state index in [2.05, 4.69) is 19.2 Å². The van der Waals surface area contributed by atoms with Crippen LogP contribution < -0.4 is 5.32 Å². The van der Waals surface area contributed by atoms with Gasteiger partial charge in [-0.15, -0.1) is 0 Å². The van der Waals surface area contributed by atoms with Gasteiger partial charge in [-0.05, 0) is 33.2 Å². The Balaban J connectivity index is 3.33. The normalized spacial score (nSPS) is 13.8. The Morgan fingerprint density at radius 3 is 2.11 bits per heavy atom. The third-order valence-electron chi connectivity index (χ3n) is 3.38. The fourth-order valence-electron chi connectivity index (χ4n) is 1.73. The minimum Gasteiger partial charge on any atom is -0.356 e. The zero-order valence-corrected chi connectivity index (χ0v) is 12.8. The van der Waals surface area contributed by atoms with Crippen LogP contribution in [0.15, 0.2) is 0 Å². The van der Waals surface area contributed by atoms with E-state index in [4.69, 9.17) is 4.74 Å². The second kappa shape index (κ2) is 10.8. The Morgan fingerprint density at radius 2 is 1.56 bits per heavy atom. The number of nitrogens with one attached hydrogen (secondary N) is 1. The molecule has 0 rings (SSSR count). The highest BCUT2D eigenvalue weighted by Crippen LogP contribution is 2.14. The lowest BCUT2D eigenvalue weighted by Crippen LogP contribution is -2.39. The highest BCUT2D eigenvalue weighted by Gasteiger charge is 2.19. The Bertz CT molecular complexity index is 183. The summed E-state index contributed by atoms with van der Waals surface area (Å²) >= 11 is 0. The van der Waals surface area contributed by atoms with E-state index in [9.17, 15) is 5.11 Å². The second-order valence-corrected chi connectivity index (χ2v) is 5.66. The molecule has 0 aliphatic rings. The summed E-state index contributed by atoms with van der Waals surface area (Å²) in [7, 11) is 0. The van der Waals surface area contributed by atoms with Crippen molar-refractivity contribution in [2.75, 3.05) is 6.54 Å². The third kappa shape index (κ3) is 11.0. The second-order valence-electron chi connectivity index (χ2n) is 5.66. The highest BCUT2D eigenvalue weighted by molar-refractivity contribution is 4.65. The van der Waals surface area contributed by atoms with Gasteiger partial charge in [-0.1, -0.05) is 52.4 Å². The number of unbranched alkanes of at least 4 members (excludes halogenated alkanes) is 6. The topological polar surface area (TPSA) is 41.5 Å². The Kier molecular flexibility index (Phi) is 10.7. The molecule has 0 heterocycles. The number of rotatable bonds is 12. The van der Waals surface area contributed by atoms with Gasteiger partial charge in [0, 0.05) is 0 Å². The molecule has 0 aromatic heterocycles. The minimum absolute atomic E-state index is 0.257. The lowest BCUT2D eigenvalue weighted by molar-refractivity contribution is -0.188. The average molecular weight is 259 g/mol. The quantitative estimate of drug-likeness (QED) is 0.414. The van der Waals surface area contributed by atoms with Crippen molar-refractivity contribution in [3.63, 3.8) is 0 Å². The van der Waals surface area contributed by atoms with E-state index >= 15 is 0 Å². The van der Waals surface area contributed by atoms with Gasteiger partial charge < -0.3 is 9.84 Å². The van der Waals surface area contributed by atoms with Crippen molar-refractivity contribution in [2.45, 2.75) is 91.1 Å². The van der Waals surface area contributed by atoms with E-state index in [1.807, 2.05) is 13.8 Å². The van der Waals surface area contributed by atoms with Gasteiger partial charge in [-0.3, -0.25) is 5.32 Å². The number of aliphatic hydroxyl groups excluding tert-OH is 1. The highest BCUT2D eigenvalue weighted by atomic mass is 16.6. The van der Waals surface area contributed by atoms with E-state index < -0.39 is 6.41 Å². The molecule has 0 radical (unpaired) electrons. The van der Waals surface area contributed by atoms with Gasteiger partial charge >= 0.3 is 0 Å². The van der Waals surface area contributed by atoms with Crippen LogP contribution in [0, 0.1) is 0 Å². The molecule has 1 atom stereocenters. The van der Waals surface area contributed by atoms with Crippen molar-refractivity contribution < 1.29 is 9.84 Å². The zero-order chi connectivity index (χ0) is 13.9. The van der Waals surface area contributed by atoms with Crippen LogP contribution in [-0.4, -0.2) is 23.7 Å². The molecule has 0 spiro atoms. The molecular formula is C15H33NO2. The number of ether oxygens (including phenoxy) is 1. The molecule has 0 aliphatic carbocycles. The summed E-state index contributed by atoms with van der Waals surface area (Å²) in [6.07, 6.45) is 9.08. The van der Waals surface area contributed by atoms with Crippen LogP contribution in [0.4, 0.5) is 0 Å². The van der Waals surface area contributed by atoms with Gasteiger partial charge in [-0.2, -0.15) is 0 Å². The van der Waals surface area contributed by atoms with Crippen molar-refractivity contribution in [1.29, 1.82) is 0 Å². The first kappa shape index (κ1) is 17.9. The molecule has 0 bridgehead atoms. The summed E-state index contributed by atoms with van der Waals surface area (Å²) < 4.78 is 5.49. The lowest BCUT2D eigenvalue weighted by Gasteiger charge is -2.27. The van der Waals surface area contributed by atoms with Gasteiger partial charge in [0.15, 0.2) is 0 Å². The fraction of sp³-hybridized carbons (Fsp3) is 1.00. The van der Waals surface area contributed by atoms with E-state index in [-0.39, 0.29) is 5.60 Å². The molecule has 3 heteroatoms. The van der Waals surface area contributed by atoms with Gasteiger partial charge in [-0.25, -0.2) is 0 Å². The fourth-order valence-corrected chi connectivity index (χ4v) is 1.73. The molecule has 18 heavy (non-hydrogen) atoms. The van der Waals surface area contributed by atoms with Crippen molar-refractivity contribution in [3.05, 3.63) is 0 Å². The van der Waals surface area contributed by atoms with Crippen molar-refractivity contribution in [3.8, 4) is 0 Å². The predicted molar refractivity (Wildman–Crippen MR) is 77.5 cm³/mol. The SMILES string of the molecule is CCCCCCCCCN[C@H](O)OC(C)(C)CC. The van der Waals surface area contributed by atoms with Crippen LogP contribution in [0.2, 0.25) is 0 Å². The molecule has 0 saturated carbocycles. The van der Waals surface area contributed by atoms with Gasteiger partial charge in [0.25, 0.3) is 0 Å². The van der Waals surface area contributed by atoms with E-state index in [1.165, 1.54) is 38.5 Å². The molecular weight excluding hydrogens is 226 g/mol. The largest absolute Gasteiger partial charge is 0.356 e. The van der Waals surface area contributed by atoms with Crippen LogP contribution in [0.25, 0.3) is 0 Å². The molecule has 0 fully saturated rings. The van der Waals surface area contributed by atoms with Crippen LogP contribution in [0.1, 0.15) is 79.1 Å². The summed E-state index contributed by atoms with van der Waals surface area (Å²) in [5.74, 6) is 0. The summed E-state index contributed by atoms with van der Waals surface area (Å²) in [5.41, 5.74) is -0.257. The average Bonchev–Trinajstić information content (AvgIpc) is 2.32. The Labute approximate surface area is 113 Å². The van der Waals surface area contributed by atoms with E-state index in [1.54, 1.807) is 0 Å². The molecule has 0 amide bonds. The van der Waals surface area contributed by atoms with Crippen LogP contribution in [0.5, 0.6) is 0 Å². The molecule has 2 N–H and O–H groups in total. The number of hydrogen-bond donors (Lipinski definition) is 2. The first-order valence-corrected chi connectivity index (χ1v) is 7.61. The summed E-state index contributed by atoms with van der Waals surface area (Å²) in [5, 5.41) is 12.7. The molecule has 0 aromatic carbocycles. The maximum absolute atomic E-state index is 9.66. The van der Waals surface area contributed by atoms with Crippen molar-refractivity contribution in [2.24, 2.45) is 0 Å². The first-order chi connectivity index (χ1) is 8.52. The standard InChI is InChI=1S/C15H33NO2/c1-5-7-8-9-10-11-12-13-16-14(17)18-15(3,4)6-2/h14,16-17H,5-13H2,1-4H3/t14-/m1/s1. The monoisotopic (exact) mass is 259 g/mol. The number of aliphatic hydroxyl groups is 1. The summed E-state index contributed by atoms with van der Waals surface area (Å²) in [6, 6.07) is 0. The predicted octanol–water partition coefficient (Wildman–Crippen LogP) is 3.81. The van der Waals surface area contributed by atoms with Crippen LogP contribution in [-0.2, 0) is 4.74 Å². The molecule has 0 aromatic rings. The number of hydrogen-bond acceptors (Lipinski definition) is 3. The third-order valence-corrected chi connectivity index (χ3v) is 3.38. The van der Waals surface area contributed by atoms with Crippen molar-refractivity contribution >= 4 is 0 Å². The molecule has 0 aliphatic heterocycles. The summed E-state index contributed by atoms with van der Waals surface area (Å²) in [6.45, 7) is 9.11. The van der Waals surface area contributed by atoms with Gasteiger partial charge in [0.05, 0.1) is 5.60 Å². The van der Waals surface area contributed by atoms with E-state index in [0.717, 1.165) is 19.4 Å². The lowest BCUT2D eigenvalue weighted by atomic mass is 10.1. The smallest absolute Gasteiger partial charge is 0.214 e. The van der Waals surface area contributed by atoms with E-state index in [0.29, 0.717) is 0 Å².